The van der Waals surface area contributed by atoms with Gasteiger partial charge >= 0.3 is 5.97 Å². The number of aromatic nitrogens is 1. The van der Waals surface area contributed by atoms with E-state index >= 15 is 0 Å². The van der Waals surface area contributed by atoms with Crippen LogP contribution in [-0.4, -0.2) is 43.7 Å². The highest BCUT2D eigenvalue weighted by molar-refractivity contribution is 5.86. The van der Waals surface area contributed by atoms with Gasteiger partial charge in [0.15, 0.2) is 0 Å². The summed E-state index contributed by atoms with van der Waals surface area (Å²) in [5, 5.41) is 3.37. The second-order valence-electron chi connectivity index (χ2n) is 5.13. The molecule has 0 atom stereocenters. The van der Waals surface area contributed by atoms with Crippen LogP contribution in [0, 0.1) is 0 Å². The molecule has 0 bridgehead atoms. The van der Waals surface area contributed by atoms with Crippen LogP contribution in [0.1, 0.15) is 25.3 Å². The van der Waals surface area contributed by atoms with Gasteiger partial charge < -0.3 is 15.0 Å². The van der Waals surface area contributed by atoms with Crippen LogP contribution in [0.25, 0.3) is 6.08 Å². The molecule has 21 heavy (non-hydrogen) atoms. The number of nitrogens with zero attached hydrogens (tertiary/aromatic N) is 2. The Morgan fingerprint density at radius 2 is 2.24 bits per heavy atom. The van der Waals surface area contributed by atoms with Crippen molar-refractivity contribution in [3.05, 3.63) is 30.0 Å². The Morgan fingerprint density at radius 1 is 1.48 bits per heavy atom. The van der Waals surface area contributed by atoms with Gasteiger partial charge in [0.25, 0.3) is 0 Å². The minimum Gasteiger partial charge on any atom is -0.463 e. The van der Waals surface area contributed by atoms with Gasteiger partial charge in [0.2, 0.25) is 0 Å². The Kier molecular flexibility index (Phi) is 5.75. The summed E-state index contributed by atoms with van der Waals surface area (Å²) < 4.78 is 4.84. The summed E-state index contributed by atoms with van der Waals surface area (Å²) in [4.78, 5) is 18.0. The maximum absolute atomic E-state index is 11.3. The number of nitrogens with one attached hydrogen (secondary N) is 1. The molecule has 0 saturated carbocycles. The minimum atomic E-state index is -0.326. The smallest absolute Gasteiger partial charge is 0.330 e. The molecule has 2 heterocycles. The lowest BCUT2D eigenvalue weighted by Gasteiger charge is -2.32. The molecule has 0 aliphatic carbocycles. The van der Waals surface area contributed by atoms with E-state index in [2.05, 4.69) is 22.2 Å². The van der Waals surface area contributed by atoms with E-state index < -0.39 is 0 Å². The summed E-state index contributed by atoms with van der Waals surface area (Å²) >= 11 is 0. The fourth-order valence-corrected chi connectivity index (χ4v) is 2.44. The van der Waals surface area contributed by atoms with Crippen LogP contribution >= 0.6 is 0 Å². The first-order valence-electron chi connectivity index (χ1n) is 7.45. The molecule has 5 nitrogen and oxygen atoms in total. The summed E-state index contributed by atoms with van der Waals surface area (Å²) in [5.41, 5.74) is 0.894. The normalized spacial score (nSPS) is 16.1. The Labute approximate surface area is 126 Å². The van der Waals surface area contributed by atoms with Crippen LogP contribution in [0.15, 0.2) is 24.4 Å². The Balaban J connectivity index is 1.96. The van der Waals surface area contributed by atoms with Crippen molar-refractivity contribution in [3.8, 4) is 0 Å². The van der Waals surface area contributed by atoms with Crippen LogP contribution in [-0.2, 0) is 9.53 Å². The molecule has 0 amide bonds. The van der Waals surface area contributed by atoms with Gasteiger partial charge in [0, 0.05) is 25.4 Å². The molecule has 1 aliphatic rings. The van der Waals surface area contributed by atoms with Crippen molar-refractivity contribution in [2.45, 2.75) is 25.8 Å². The maximum Gasteiger partial charge on any atom is 0.330 e. The lowest BCUT2D eigenvalue weighted by Crippen LogP contribution is -2.41. The fraction of sp³-hybridized carbons (Fsp3) is 0.500. The number of hydrogen-bond acceptors (Lipinski definition) is 5. The lowest BCUT2D eigenvalue weighted by molar-refractivity contribution is -0.137. The average molecular weight is 289 g/mol. The van der Waals surface area contributed by atoms with Crippen molar-refractivity contribution in [3.63, 3.8) is 0 Å². The standard InChI is InChI=1S/C16H23N3O2/c1-3-21-16(20)7-5-13-4-6-15(18-12-13)19(2)14-8-10-17-11-9-14/h4-7,12,14,17H,3,8-11H2,1-2H3. The molecule has 2 rings (SSSR count). The van der Waals surface area contributed by atoms with Gasteiger partial charge in [0.1, 0.15) is 5.82 Å². The molecule has 1 fully saturated rings. The Bertz CT molecular complexity index is 479. The highest BCUT2D eigenvalue weighted by Gasteiger charge is 2.18. The number of ether oxygens (including phenoxy) is 1. The largest absolute Gasteiger partial charge is 0.463 e. The Morgan fingerprint density at radius 3 is 2.86 bits per heavy atom. The van der Waals surface area contributed by atoms with Gasteiger partial charge in [-0.2, -0.15) is 0 Å². The molecule has 1 aliphatic heterocycles. The highest BCUT2D eigenvalue weighted by Crippen LogP contribution is 2.18. The monoisotopic (exact) mass is 289 g/mol. The number of esters is 1. The first-order chi connectivity index (χ1) is 10.2. The van der Waals surface area contributed by atoms with Gasteiger partial charge in [0.05, 0.1) is 6.61 Å². The molecular formula is C16H23N3O2. The van der Waals surface area contributed by atoms with E-state index in [0.717, 1.165) is 37.3 Å². The number of rotatable bonds is 5. The zero-order valence-corrected chi connectivity index (χ0v) is 12.7. The van der Waals surface area contributed by atoms with Crippen LogP contribution < -0.4 is 10.2 Å². The summed E-state index contributed by atoms with van der Waals surface area (Å²) in [6, 6.07) is 4.50. The molecule has 1 aromatic heterocycles. The number of carbonyl (C=O) groups is 1. The van der Waals surface area contributed by atoms with Gasteiger partial charge in [-0.3, -0.25) is 0 Å². The number of piperidine rings is 1. The number of pyridine rings is 1. The van der Waals surface area contributed by atoms with Gasteiger partial charge in [-0.1, -0.05) is 0 Å². The van der Waals surface area contributed by atoms with E-state index in [4.69, 9.17) is 4.74 Å². The van der Waals surface area contributed by atoms with E-state index in [1.54, 1.807) is 19.2 Å². The summed E-state index contributed by atoms with van der Waals surface area (Å²) in [6.07, 6.45) is 7.21. The third kappa shape index (κ3) is 4.56. The molecular weight excluding hydrogens is 266 g/mol. The predicted molar refractivity (Wildman–Crippen MR) is 84.2 cm³/mol. The van der Waals surface area contributed by atoms with Crippen molar-refractivity contribution in [1.29, 1.82) is 0 Å². The van der Waals surface area contributed by atoms with E-state index in [-0.39, 0.29) is 5.97 Å². The van der Waals surface area contributed by atoms with Crippen molar-refractivity contribution < 1.29 is 9.53 Å². The van der Waals surface area contributed by atoms with Gasteiger partial charge in [-0.15, -0.1) is 0 Å². The molecule has 1 aromatic rings. The molecule has 0 spiro atoms. The second-order valence-corrected chi connectivity index (χ2v) is 5.13. The van der Waals surface area contributed by atoms with Crippen LogP contribution in [0.2, 0.25) is 0 Å². The van der Waals surface area contributed by atoms with Gasteiger partial charge in [-0.25, -0.2) is 9.78 Å². The zero-order chi connectivity index (χ0) is 15.1. The highest BCUT2D eigenvalue weighted by atomic mass is 16.5. The molecule has 5 heteroatoms. The average Bonchev–Trinajstić information content (AvgIpc) is 2.54. The zero-order valence-electron chi connectivity index (χ0n) is 12.7. The summed E-state index contributed by atoms with van der Waals surface area (Å²) in [6.45, 7) is 4.31. The molecule has 1 saturated heterocycles. The summed E-state index contributed by atoms with van der Waals surface area (Å²) in [7, 11) is 2.09. The summed E-state index contributed by atoms with van der Waals surface area (Å²) in [5.74, 6) is 0.642. The number of anilines is 1. The van der Waals surface area contributed by atoms with Crippen molar-refractivity contribution in [1.82, 2.24) is 10.3 Å². The lowest BCUT2D eigenvalue weighted by atomic mass is 10.1. The maximum atomic E-state index is 11.3. The third-order valence-electron chi connectivity index (χ3n) is 3.69. The molecule has 0 aromatic carbocycles. The molecule has 0 unspecified atom stereocenters. The molecule has 0 radical (unpaired) electrons. The minimum absolute atomic E-state index is 0.326. The topological polar surface area (TPSA) is 54.5 Å². The van der Waals surface area contributed by atoms with Crippen molar-refractivity contribution >= 4 is 17.9 Å². The first kappa shape index (κ1) is 15.5. The Hall–Kier alpha value is -1.88. The van der Waals surface area contributed by atoms with Gasteiger partial charge in [-0.05, 0) is 56.6 Å². The van der Waals surface area contributed by atoms with Crippen LogP contribution in [0.5, 0.6) is 0 Å². The number of carbonyl (C=O) groups excluding carboxylic acids is 1. The van der Waals surface area contributed by atoms with Crippen LogP contribution in [0.4, 0.5) is 5.82 Å². The predicted octanol–water partition coefficient (Wildman–Crippen LogP) is 1.85. The molecule has 1 N–H and O–H groups in total. The second kappa shape index (κ2) is 7.78. The SMILES string of the molecule is CCOC(=O)C=Cc1ccc(N(C)C2CCNCC2)nc1. The van der Waals surface area contributed by atoms with E-state index in [9.17, 15) is 4.79 Å². The number of hydrogen-bond donors (Lipinski definition) is 1. The first-order valence-corrected chi connectivity index (χ1v) is 7.45. The fourth-order valence-electron chi connectivity index (χ4n) is 2.44. The van der Waals surface area contributed by atoms with Crippen LogP contribution in [0.3, 0.4) is 0 Å². The third-order valence-corrected chi connectivity index (χ3v) is 3.69. The van der Waals surface area contributed by atoms with E-state index in [0.29, 0.717) is 12.6 Å². The van der Waals surface area contributed by atoms with Crippen molar-refractivity contribution in [2.24, 2.45) is 0 Å². The quantitative estimate of drug-likeness (QED) is 0.662. The van der Waals surface area contributed by atoms with E-state index in [1.165, 1.54) is 6.08 Å². The van der Waals surface area contributed by atoms with Crippen molar-refractivity contribution in [2.75, 3.05) is 31.6 Å². The molecule has 114 valence electrons. The van der Waals surface area contributed by atoms with E-state index in [1.807, 2.05) is 12.1 Å².